The van der Waals surface area contributed by atoms with Gasteiger partial charge in [-0.3, -0.25) is 4.79 Å². The summed E-state index contributed by atoms with van der Waals surface area (Å²) < 4.78 is 4.80. The minimum absolute atomic E-state index is 0.167. The summed E-state index contributed by atoms with van der Waals surface area (Å²) >= 11 is 0. The highest BCUT2D eigenvalue weighted by Gasteiger charge is 2.21. The fraction of sp³-hybridized carbons (Fsp3) is 0.769. The van der Waals surface area contributed by atoms with Crippen LogP contribution in [0.5, 0.6) is 0 Å². The van der Waals surface area contributed by atoms with E-state index >= 15 is 0 Å². The number of hydrogen-bond acceptors (Lipinski definition) is 3. The van der Waals surface area contributed by atoms with Crippen molar-refractivity contribution in [1.29, 1.82) is 0 Å². The third-order valence-electron chi connectivity index (χ3n) is 2.48. The summed E-state index contributed by atoms with van der Waals surface area (Å²) in [6, 6.07) is 0.116. The lowest BCUT2D eigenvalue weighted by atomic mass is 10.0. The van der Waals surface area contributed by atoms with Crippen molar-refractivity contribution in [2.24, 2.45) is 5.92 Å². The number of methoxy groups -OCH3 is 1. The molecule has 0 rings (SSSR count). The van der Waals surface area contributed by atoms with Crippen molar-refractivity contribution in [1.82, 2.24) is 5.32 Å². The maximum absolute atomic E-state index is 11.6. The summed E-state index contributed by atoms with van der Waals surface area (Å²) in [5.41, 5.74) is 0. The molecule has 0 saturated carbocycles. The van der Waals surface area contributed by atoms with Gasteiger partial charge in [-0.25, -0.2) is 0 Å². The Morgan fingerprint density at radius 3 is 2.50 bits per heavy atom. The van der Waals surface area contributed by atoms with Gasteiger partial charge in [0.1, 0.15) is 6.04 Å². The maximum atomic E-state index is 11.6. The first-order valence-electron chi connectivity index (χ1n) is 5.96. The minimum Gasteiger partial charge on any atom is -0.468 e. The molecule has 0 aliphatic heterocycles. The van der Waals surface area contributed by atoms with E-state index in [9.17, 15) is 4.79 Å². The van der Waals surface area contributed by atoms with Crippen LogP contribution in [-0.4, -0.2) is 25.2 Å². The zero-order valence-electron chi connectivity index (χ0n) is 11.0. The largest absolute Gasteiger partial charge is 0.468 e. The molecule has 0 bridgehead atoms. The predicted octanol–water partition coefficient (Wildman–Crippen LogP) is 2.52. The molecular weight excluding hydrogens is 202 g/mol. The van der Waals surface area contributed by atoms with Crippen LogP contribution >= 0.6 is 0 Å². The molecule has 94 valence electrons. The van der Waals surface area contributed by atoms with E-state index in [0.717, 1.165) is 19.3 Å². The molecular formula is C13H25NO2. The molecule has 0 spiro atoms. The molecule has 2 unspecified atom stereocenters. The lowest BCUT2D eigenvalue weighted by molar-refractivity contribution is -0.143. The van der Waals surface area contributed by atoms with E-state index < -0.39 is 0 Å². The van der Waals surface area contributed by atoms with E-state index in [1.165, 1.54) is 7.11 Å². The van der Waals surface area contributed by atoms with Crippen LogP contribution in [-0.2, 0) is 9.53 Å². The molecule has 0 amide bonds. The van der Waals surface area contributed by atoms with Crippen LogP contribution in [0.3, 0.4) is 0 Å². The van der Waals surface area contributed by atoms with Gasteiger partial charge in [0, 0.05) is 6.04 Å². The normalized spacial score (nSPS) is 14.6. The van der Waals surface area contributed by atoms with Crippen LogP contribution in [0.15, 0.2) is 12.7 Å². The SMILES string of the molecule is C=CCCC(C)NC(CC(C)C)C(=O)OC. The molecule has 0 aromatic rings. The molecule has 0 radical (unpaired) electrons. The van der Waals surface area contributed by atoms with Crippen molar-refractivity contribution in [2.45, 2.75) is 52.1 Å². The first-order valence-corrected chi connectivity index (χ1v) is 5.96. The molecule has 0 aromatic heterocycles. The van der Waals surface area contributed by atoms with Crippen molar-refractivity contribution in [3.05, 3.63) is 12.7 Å². The molecule has 3 heteroatoms. The number of carbonyl (C=O) groups is 1. The second-order valence-electron chi connectivity index (χ2n) is 4.64. The van der Waals surface area contributed by atoms with Crippen LogP contribution in [0.25, 0.3) is 0 Å². The molecule has 2 atom stereocenters. The molecule has 0 saturated heterocycles. The van der Waals surface area contributed by atoms with Crippen LogP contribution < -0.4 is 5.32 Å². The van der Waals surface area contributed by atoms with E-state index in [1.54, 1.807) is 0 Å². The summed E-state index contributed by atoms with van der Waals surface area (Å²) in [6.45, 7) is 9.98. The fourth-order valence-corrected chi connectivity index (χ4v) is 1.64. The van der Waals surface area contributed by atoms with Gasteiger partial charge in [-0.05, 0) is 32.1 Å². The van der Waals surface area contributed by atoms with Gasteiger partial charge in [0.25, 0.3) is 0 Å². The van der Waals surface area contributed by atoms with E-state index in [-0.39, 0.29) is 12.0 Å². The molecule has 16 heavy (non-hydrogen) atoms. The first kappa shape index (κ1) is 15.2. The maximum Gasteiger partial charge on any atom is 0.322 e. The van der Waals surface area contributed by atoms with E-state index in [2.05, 4.69) is 32.7 Å². The Morgan fingerprint density at radius 2 is 2.06 bits per heavy atom. The monoisotopic (exact) mass is 227 g/mol. The molecule has 3 nitrogen and oxygen atoms in total. The van der Waals surface area contributed by atoms with Gasteiger partial charge in [-0.1, -0.05) is 19.9 Å². The second kappa shape index (κ2) is 8.34. The standard InChI is InChI=1S/C13H25NO2/c1-6-7-8-11(4)14-12(9-10(2)3)13(15)16-5/h6,10-12,14H,1,7-9H2,2-5H3. The lowest BCUT2D eigenvalue weighted by Crippen LogP contribution is -2.43. The Bertz CT molecular complexity index is 214. The number of esters is 1. The molecule has 0 aromatic carbocycles. The summed E-state index contributed by atoms with van der Waals surface area (Å²) in [6.07, 6.45) is 4.66. The van der Waals surface area contributed by atoms with Gasteiger partial charge < -0.3 is 10.1 Å². The van der Waals surface area contributed by atoms with E-state index in [0.29, 0.717) is 12.0 Å². The number of allylic oxidation sites excluding steroid dienone is 1. The van der Waals surface area contributed by atoms with Crippen molar-refractivity contribution in [3.8, 4) is 0 Å². The van der Waals surface area contributed by atoms with Gasteiger partial charge in [-0.15, -0.1) is 6.58 Å². The van der Waals surface area contributed by atoms with E-state index in [4.69, 9.17) is 4.74 Å². The van der Waals surface area contributed by atoms with Gasteiger partial charge in [0.2, 0.25) is 0 Å². The highest BCUT2D eigenvalue weighted by Crippen LogP contribution is 2.08. The number of carbonyl (C=O) groups excluding carboxylic acids is 1. The number of hydrogen-bond donors (Lipinski definition) is 1. The molecule has 0 heterocycles. The average molecular weight is 227 g/mol. The Balaban J connectivity index is 4.18. The third kappa shape index (κ3) is 6.62. The van der Waals surface area contributed by atoms with Gasteiger partial charge in [0.05, 0.1) is 7.11 Å². The summed E-state index contributed by atoms with van der Waals surface area (Å²) in [5, 5.41) is 3.31. The van der Waals surface area contributed by atoms with Crippen LogP contribution in [0.2, 0.25) is 0 Å². The Labute approximate surface area is 99.3 Å². The highest BCUT2D eigenvalue weighted by atomic mass is 16.5. The Hall–Kier alpha value is -0.830. The minimum atomic E-state index is -0.190. The second-order valence-corrected chi connectivity index (χ2v) is 4.64. The Morgan fingerprint density at radius 1 is 1.44 bits per heavy atom. The lowest BCUT2D eigenvalue weighted by Gasteiger charge is -2.22. The first-order chi connectivity index (χ1) is 7.51. The van der Waals surface area contributed by atoms with Crippen molar-refractivity contribution < 1.29 is 9.53 Å². The van der Waals surface area contributed by atoms with Gasteiger partial charge in [0.15, 0.2) is 0 Å². The zero-order chi connectivity index (χ0) is 12.6. The van der Waals surface area contributed by atoms with Crippen molar-refractivity contribution >= 4 is 5.97 Å². The van der Waals surface area contributed by atoms with Gasteiger partial charge in [-0.2, -0.15) is 0 Å². The molecule has 0 aliphatic carbocycles. The van der Waals surface area contributed by atoms with E-state index in [1.807, 2.05) is 6.08 Å². The van der Waals surface area contributed by atoms with Gasteiger partial charge >= 0.3 is 5.97 Å². The molecule has 0 fully saturated rings. The smallest absolute Gasteiger partial charge is 0.322 e. The molecule has 1 N–H and O–H groups in total. The quantitative estimate of drug-likeness (QED) is 0.511. The Kier molecular flexibility index (Phi) is 7.90. The summed E-state index contributed by atoms with van der Waals surface area (Å²) in [4.78, 5) is 11.6. The van der Waals surface area contributed by atoms with Crippen LogP contribution in [0.4, 0.5) is 0 Å². The van der Waals surface area contributed by atoms with Crippen molar-refractivity contribution in [2.75, 3.05) is 7.11 Å². The number of rotatable bonds is 8. The predicted molar refractivity (Wildman–Crippen MR) is 67.3 cm³/mol. The fourth-order valence-electron chi connectivity index (χ4n) is 1.64. The summed E-state index contributed by atoms with van der Waals surface area (Å²) in [5.74, 6) is 0.308. The third-order valence-corrected chi connectivity index (χ3v) is 2.48. The average Bonchev–Trinajstić information content (AvgIpc) is 2.23. The molecule has 0 aliphatic rings. The van der Waals surface area contributed by atoms with Crippen LogP contribution in [0.1, 0.15) is 40.0 Å². The number of nitrogens with one attached hydrogen (secondary N) is 1. The zero-order valence-corrected chi connectivity index (χ0v) is 11.0. The van der Waals surface area contributed by atoms with Crippen molar-refractivity contribution in [3.63, 3.8) is 0 Å². The van der Waals surface area contributed by atoms with Crippen LogP contribution in [0, 0.1) is 5.92 Å². The summed E-state index contributed by atoms with van der Waals surface area (Å²) in [7, 11) is 1.44. The topological polar surface area (TPSA) is 38.3 Å². The highest BCUT2D eigenvalue weighted by molar-refractivity contribution is 5.75. The number of ether oxygens (including phenoxy) is 1.